The molecule has 1 aromatic carbocycles. The summed E-state index contributed by atoms with van der Waals surface area (Å²) in [5.41, 5.74) is 13.0. The van der Waals surface area contributed by atoms with E-state index in [0.29, 0.717) is 30.8 Å². The molecule has 1 fully saturated rings. The molecule has 2 rings (SSSR count). The van der Waals surface area contributed by atoms with Crippen molar-refractivity contribution in [2.45, 2.75) is 13.3 Å². The van der Waals surface area contributed by atoms with Crippen LogP contribution in [0.3, 0.4) is 0 Å². The molecule has 0 bridgehead atoms. The van der Waals surface area contributed by atoms with Crippen molar-refractivity contribution >= 4 is 33.4 Å². The van der Waals surface area contributed by atoms with Gasteiger partial charge in [0.05, 0.1) is 5.92 Å². The SMILES string of the molecule is Cc1c(N)cc(Br)cc1C(=O)N1CCC(C(N)=O)C1. The van der Waals surface area contributed by atoms with E-state index in [1.54, 1.807) is 17.0 Å². The third-order valence-electron chi connectivity index (χ3n) is 3.52. The van der Waals surface area contributed by atoms with Gasteiger partial charge in [0.15, 0.2) is 0 Å². The maximum Gasteiger partial charge on any atom is 0.254 e. The van der Waals surface area contributed by atoms with Crippen LogP contribution in [0.25, 0.3) is 0 Å². The van der Waals surface area contributed by atoms with Gasteiger partial charge in [0.1, 0.15) is 0 Å². The van der Waals surface area contributed by atoms with Crippen molar-refractivity contribution in [1.29, 1.82) is 0 Å². The van der Waals surface area contributed by atoms with Crippen molar-refractivity contribution in [3.8, 4) is 0 Å². The van der Waals surface area contributed by atoms with E-state index in [4.69, 9.17) is 11.5 Å². The van der Waals surface area contributed by atoms with Crippen LogP contribution in [-0.2, 0) is 4.79 Å². The molecule has 1 saturated heterocycles. The Balaban J connectivity index is 2.24. The Hall–Kier alpha value is -1.56. The quantitative estimate of drug-likeness (QED) is 0.803. The Labute approximate surface area is 120 Å². The van der Waals surface area contributed by atoms with Crippen molar-refractivity contribution in [1.82, 2.24) is 4.90 Å². The van der Waals surface area contributed by atoms with Gasteiger partial charge in [0.2, 0.25) is 5.91 Å². The fraction of sp³-hybridized carbons (Fsp3) is 0.385. The number of likely N-dealkylation sites (tertiary alicyclic amines) is 1. The topological polar surface area (TPSA) is 89.4 Å². The molecule has 0 aliphatic carbocycles. The molecule has 0 aromatic heterocycles. The van der Waals surface area contributed by atoms with Crippen molar-refractivity contribution in [2.75, 3.05) is 18.8 Å². The number of anilines is 1. The predicted octanol–water partition coefficient (Wildman–Crippen LogP) is 1.29. The highest BCUT2D eigenvalue weighted by atomic mass is 79.9. The third-order valence-corrected chi connectivity index (χ3v) is 3.98. The summed E-state index contributed by atoms with van der Waals surface area (Å²) in [6.07, 6.45) is 0.629. The van der Waals surface area contributed by atoms with Gasteiger partial charge in [0, 0.05) is 28.8 Å². The van der Waals surface area contributed by atoms with Crippen LogP contribution in [-0.4, -0.2) is 29.8 Å². The van der Waals surface area contributed by atoms with Crippen LogP contribution < -0.4 is 11.5 Å². The second kappa shape index (κ2) is 5.21. The van der Waals surface area contributed by atoms with Crippen LogP contribution >= 0.6 is 15.9 Å². The molecule has 1 aliphatic heterocycles. The number of carbonyl (C=O) groups excluding carboxylic acids is 2. The maximum atomic E-state index is 12.4. The predicted molar refractivity (Wildman–Crippen MR) is 76.5 cm³/mol. The fourth-order valence-corrected chi connectivity index (χ4v) is 2.75. The monoisotopic (exact) mass is 325 g/mol. The van der Waals surface area contributed by atoms with Gasteiger partial charge >= 0.3 is 0 Å². The van der Waals surface area contributed by atoms with Crippen LogP contribution in [0, 0.1) is 12.8 Å². The van der Waals surface area contributed by atoms with E-state index < -0.39 is 0 Å². The number of carbonyl (C=O) groups is 2. The first-order chi connectivity index (χ1) is 8.90. The Morgan fingerprint density at radius 3 is 2.68 bits per heavy atom. The maximum absolute atomic E-state index is 12.4. The molecule has 0 spiro atoms. The summed E-state index contributed by atoms with van der Waals surface area (Å²) in [7, 11) is 0. The second-order valence-electron chi connectivity index (χ2n) is 4.81. The Bertz CT molecular complexity index is 545. The summed E-state index contributed by atoms with van der Waals surface area (Å²) in [6, 6.07) is 3.52. The highest BCUT2D eigenvalue weighted by Crippen LogP contribution is 2.26. The van der Waals surface area contributed by atoms with Crippen LogP contribution in [0.4, 0.5) is 5.69 Å². The van der Waals surface area contributed by atoms with Crippen molar-refractivity contribution in [2.24, 2.45) is 11.7 Å². The number of nitrogens with two attached hydrogens (primary N) is 2. The van der Waals surface area contributed by atoms with E-state index in [-0.39, 0.29) is 17.7 Å². The summed E-state index contributed by atoms with van der Waals surface area (Å²) in [6.45, 7) is 2.76. The summed E-state index contributed by atoms with van der Waals surface area (Å²) in [5, 5.41) is 0. The summed E-state index contributed by atoms with van der Waals surface area (Å²) < 4.78 is 0.768. The Morgan fingerprint density at radius 1 is 1.42 bits per heavy atom. The Kier molecular flexibility index (Phi) is 3.80. The second-order valence-corrected chi connectivity index (χ2v) is 5.72. The molecular formula is C13H16BrN3O2. The highest BCUT2D eigenvalue weighted by Gasteiger charge is 2.30. The number of amides is 2. The molecule has 19 heavy (non-hydrogen) atoms. The third kappa shape index (κ3) is 2.73. The van der Waals surface area contributed by atoms with Crippen LogP contribution in [0.1, 0.15) is 22.3 Å². The summed E-state index contributed by atoms with van der Waals surface area (Å²) in [5.74, 6) is -0.691. The van der Waals surface area contributed by atoms with E-state index in [9.17, 15) is 9.59 Å². The lowest BCUT2D eigenvalue weighted by molar-refractivity contribution is -0.121. The number of nitrogens with zero attached hydrogens (tertiary/aromatic N) is 1. The van der Waals surface area contributed by atoms with Crippen LogP contribution in [0.15, 0.2) is 16.6 Å². The molecule has 0 radical (unpaired) electrons. The summed E-state index contributed by atoms with van der Waals surface area (Å²) >= 11 is 3.33. The average molecular weight is 326 g/mol. The molecule has 1 heterocycles. The van der Waals surface area contributed by atoms with Crippen molar-refractivity contribution in [3.63, 3.8) is 0 Å². The first kappa shape index (κ1) is 13.9. The van der Waals surface area contributed by atoms with Gasteiger partial charge < -0.3 is 16.4 Å². The normalized spacial score (nSPS) is 18.6. The first-order valence-electron chi connectivity index (χ1n) is 6.04. The number of halogens is 1. The molecule has 1 unspecified atom stereocenters. The van der Waals surface area contributed by atoms with Gasteiger partial charge in [-0.2, -0.15) is 0 Å². The van der Waals surface area contributed by atoms with Gasteiger partial charge in [0.25, 0.3) is 5.91 Å². The number of hydrogen-bond acceptors (Lipinski definition) is 3. The van der Waals surface area contributed by atoms with E-state index in [1.165, 1.54) is 0 Å². The van der Waals surface area contributed by atoms with Gasteiger partial charge in [-0.1, -0.05) is 15.9 Å². The van der Waals surface area contributed by atoms with Crippen LogP contribution in [0.2, 0.25) is 0 Å². The number of hydrogen-bond donors (Lipinski definition) is 2. The molecule has 1 atom stereocenters. The lowest BCUT2D eigenvalue weighted by Crippen LogP contribution is -2.32. The number of primary amides is 1. The average Bonchev–Trinajstić information content (AvgIpc) is 2.82. The molecule has 6 heteroatoms. The van der Waals surface area contributed by atoms with Crippen molar-refractivity contribution < 1.29 is 9.59 Å². The van der Waals surface area contributed by atoms with E-state index in [0.717, 1.165) is 10.0 Å². The zero-order valence-corrected chi connectivity index (χ0v) is 12.2. The molecule has 2 amide bonds. The lowest BCUT2D eigenvalue weighted by Gasteiger charge is -2.18. The smallest absolute Gasteiger partial charge is 0.254 e. The number of benzene rings is 1. The minimum atomic E-state index is -0.347. The minimum Gasteiger partial charge on any atom is -0.398 e. The molecule has 0 saturated carbocycles. The summed E-state index contributed by atoms with van der Waals surface area (Å²) in [4.78, 5) is 25.2. The zero-order valence-electron chi connectivity index (χ0n) is 10.6. The highest BCUT2D eigenvalue weighted by molar-refractivity contribution is 9.10. The standard InChI is InChI=1S/C13H16BrN3O2/c1-7-10(4-9(14)5-11(7)15)13(19)17-3-2-8(6-17)12(16)18/h4-5,8H,2-3,6,15H2,1H3,(H2,16,18). The first-order valence-corrected chi connectivity index (χ1v) is 6.83. The number of rotatable bonds is 2. The minimum absolute atomic E-state index is 0.103. The van der Waals surface area contributed by atoms with Gasteiger partial charge in [-0.15, -0.1) is 0 Å². The molecule has 5 nitrogen and oxygen atoms in total. The molecule has 4 N–H and O–H groups in total. The molecule has 1 aromatic rings. The lowest BCUT2D eigenvalue weighted by atomic mass is 10.1. The van der Waals surface area contributed by atoms with Gasteiger partial charge in [-0.25, -0.2) is 0 Å². The molecule has 102 valence electrons. The number of nitrogen functional groups attached to an aromatic ring is 1. The van der Waals surface area contributed by atoms with Gasteiger partial charge in [-0.3, -0.25) is 9.59 Å². The molecule has 1 aliphatic rings. The van der Waals surface area contributed by atoms with E-state index >= 15 is 0 Å². The van der Waals surface area contributed by atoms with E-state index in [1.807, 2.05) is 6.92 Å². The van der Waals surface area contributed by atoms with Crippen LogP contribution in [0.5, 0.6) is 0 Å². The Morgan fingerprint density at radius 2 is 2.11 bits per heavy atom. The fourth-order valence-electron chi connectivity index (χ4n) is 2.27. The zero-order chi connectivity index (χ0) is 14.2. The van der Waals surface area contributed by atoms with Crippen molar-refractivity contribution in [3.05, 3.63) is 27.7 Å². The van der Waals surface area contributed by atoms with Gasteiger partial charge in [-0.05, 0) is 31.0 Å². The van der Waals surface area contributed by atoms with E-state index in [2.05, 4.69) is 15.9 Å². The largest absolute Gasteiger partial charge is 0.398 e. The molecular weight excluding hydrogens is 310 g/mol.